The normalized spacial score (nSPS) is 14.7. The van der Waals surface area contributed by atoms with Crippen LogP contribution in [0.5, 0.6) is 5.75 Å². The highest BCUT2D eigenvalue weighted by Gasteiger charge is 2.25. The molecule has 0 amide bonds. The van der Waals surface area contributed by atoms with Gasteiger partial charge >= 0.3 is 5.97 Å². The van der Waals surface area contributed by atoms with Crippen molar-refractivity contribution in [3.05, 3.63) is 87.4 Å². The Morgan fingerprint density at radius 1 is 1.25 bits per heavy atom. The number of hydrogen-bond acceptors (Lipinski definition) is 6. The number of ether oxygens (including phenoxy) is 1. The molecule has 9 nitrogen and oxygen atoms in total. The Bertz CT molecular complexity index is 1700. The first-order valence-corrected chi connectivity index (χ1v) is 13.0. The zero-order valence-corrected chi connectivity index (χ0v) is 23.2. The van der Waals surface area contributed by atoms with Gasteiger partial charge in [0.2, 0.25) is 0 Å². The van der Waals surface area contributed by atoms with Gasteiger partial charge in [0.1, 0.15) is 11.5 Å². The molecule has 1 atom stereocenters. The highest BCUT2D eigenvalue weighted by molar-refractivity contribution is 5.89. The number of rotatable bonds is 7. The molecule has 0 unspecified atom stereocenters. The Labute approximate surface area is 231 Å². The quantitative estimate of drug-likeness (QED) is 0.345. The average molecular weight is 546 g/mol. The number of pyridine rings is 2. The van der Waals surface area contributed by atoms with E-state index in [9.17, 15) is 19.1 Å². The fraction of sp³-hybridized carbons (Fsp3) is 0.300. The molecule has 10 heteroatoms. The van der Waals surface area contributed by atoms with E-state index in [2.05, 4.69) is 28.2 Å². The van der Waals surface area contributed by atoms with Gasteiger partial charge in [-0.2, -0.15) is 0 Å². The van der Waals surface area contributed by atoms with E-state index >= 15 is 0 Å². The zero-order chi connectivity index (χ0) is 28.7. The van der Waals surface area contributed by atoms with Crippen LogP contribution in [0.15, 0.2) is 53.6 Å². The van der Waals surface area contributed by atoms with Gasteiger partial charge in [0.25, 0.3) is 5.56 Å². The molecular formula is C30H32FN5O4. The van der Waals surface area contributed by atoms with Crippen molar-refractivity contribution in [1.29, 1.82) is 0 Å². The molecule has 4 aromatic rings. The van der Waals surface area contributed by atoms with Gasteiger partial charge in [0.15, 0.2) is 5.75 Å². The van der Waals surface area contributed by atoms with Crippen LogP contribution in [0.2, 0.25) is 0 Å². The molecule has 0 saturated heterocycles. The van der Waals surface area contributed by atoms with Crippen LogP contribution in [0.1, 0.15) is 46.6 Å². The summed E-state index contributed by atoms with van der Waals surface area (Å²) in [4.78, 5) is 31.2. The lowest BCUT2D eigenvalue weighted by molar-refractivity contribution is 0.0696. The van der Waals surface area contributed by atoms with Crippen LogP contribution in [0.25, 0.3) is 22.3 Å². The molecule has 0 fully saturated rings. The van der Waals surface area contributed by atoms with Crippen molar-refractivity contribution in [2.75, 3.05) is 32.6 Å². The van der Waals surface area contributed by atoms with Crippen molar-refractivity contribution in [3.8, 4) is 11.4 Å². The van der Waals surface area contributed by atoms with Crippen molar-refractivity contribution in [3.63, 3.8) is 0 Å². The first kappa shape index (κ1) is 27.1. The summed E-state index contributed by atoms with van der Waals surface area (Å²) < 4.78 is 24.0. The van der Waals surface area contributed by atoms with Crippen LogP contribution in [-0.4, -0.2) is 57.3 Å². The maximum absolute atomic E-state index is 14.9. The monoisotopic (exact) mass is 545 g/mol. The number of nitrogens with one attached hydrogen (secondary N) is 1. The molecule has 3 aromatic heterocycles. The van der Waals surface area contributed by atoms with E-state index in [4.69, 9.17) is 4.74 Å². The fourth-order valence-electron chi connectivity index (χ4n) is 5.62. The second kappa shape index (κ2) is 10.6. The predicted molar refractivity (Wildman–Crippen MR) is 153 cm³/mol. The molecule has 208 valence electrons. The van der Waals surface area contributed by atoms with Gasteiger partial charge in [0.05, 0.1) is 30.2 Å². The largest absolute Gasteiger partial charge is 0.493 e. The number of carboxylic acid groups (broad SMARTS) is 1. The second-order valence-electron chi connectivity index (χ2n) is 10.0. The molecule has 0 radical (unpaired) electrons. The number of aryl methyl sites for hydroxylation is 2. The van der Waals surface area contributed by atoms with Crippen LogP contribution in [0, 0.1) is 12.7 Å². The minimum absolute atomic E-state index is 0.0168. The third-order valence-electron chi connectivity index (χ3n) is 7.78. The van der Waals surface area contributed by atoms with Gasteiger partial charge in [-0.3, -0.25) is 14.3 Å². The van der Waals surface area contributed by atoms with E-state index < -0.39 is 11.8 Å². The molecule has 2 N–H and O–H groups in total. The standard InChI is InChI=1S/C30H32FN5O4/c1-17-12-20(30(38)39)13-22(31)28(17)19-7-10-35(11-8-19)18(2)25-14-21-24(6-9-33-29(21)34(25)4)36-16-26(40-5)23(32-3)15-27(36)37/h6-7,9,12-16,18,32H,8,10-11H2,1-5H3,(H,38,39)/t18-/m0/s1. The lowest BCUT2D eigenvalue weighted by Gasteiger charge is -2.32. The topological polar surface area (TPSA) is 102 Å². The molecular weight excluding hydrogens is 513 g/mol. The van der Waals surface area contributed by atoms with Gasteiger partial charge in [-0.15, -0.1) is 0 Å². The summed E-state index contributed by atoms with van der Waals surface area (Å²) >= 11 is 0. The molecule has 0 bridgehead atoms. The number of carboxylic acids is 1. The molecule has 1 aliphatic heterocycles. The number of halogens is 1. The highest BCUT2D eigenvalue weighted by atomic mass is 19.1. The molecule has 5 rings (SSSR count). The molecule has 1 aliphatic rings. The van der Waals surface area contributed by atoms with E-state index in [0.29, 0.717) is 47.8 Å². The zero-order valence-electron chi connectivity index (χ0n) is 23.2. The van der Waals surface area contributed by atoms with Crippen LogP contribution in [-0.2, 0) is 7.05 Å². The number of aromatic nitrogens is 3. The van der Waals surface area contributed by atoms with Gasteiger partial charge in [-0.1, -0.05) is 6.08 Å². The van der Waals surface area contributed by atoms with Crippen LogP contribution in [0.4, 0.5) is 10.1 Å². The Balaban J connectivity index is 1.47. The minimum atomic E-state index is -1.14. The van der Waals surface area contributed by atoms with Crippen molar-refractivity contribution in [2.24, 2.45) is 7.05 Å². The summed E-state index contributed by atoms with van der Waals surface area (Å²) in [6, 6.07) is 8.02. The molecule has 0 saturated carbocycles. The number of fused-ring (bicyclic) bond motifs is 1. The van der Waals surface area contributed by atoms with Crippen LogP contribution < -0.4 is 15.6 Å². The number of aromatic carboxylic acids is 1. The summed E-state index contributed by atoms with van der Waals surface area (Å²) in [6.45, 7) is 5.18. The summed E-state index contributed by atoms with van der Waals surface area (Å²) in [6.07, 6.45) is 6.03. The summed E-state index contributed by atoms with van der Waals surface area (Å²) in [7, 11) is 5.27. The van der Waals surface area contributed by atoms with E-state index in [0.717, 1.165) is 28.4 Å². The lowest BCUT2D eigenvalue weighted by Crippen LogP contribution is -2.32. The number of carbonyl (C=O) groups is 1. The van der Waals surface area contributed by atoms with Gasteiger partial charge in [-0.05, 0) is 55.7 Å². The second-order valence-corrected chi connectivity index (χ2v) is 10.0. The van der Waals surface area contributed by atoms with Crippen LogP contribution >= 0.6 is 0 Å². The van der Waals surface area contributed by atoms with E-state index in [1.807, 2.05) is 23.8 Å². The maximum atomic E-state index is 14.9. The number of anilines is 1. The van der Waals surface area contributed by atoms with E-state index in [-0.39, 0.29) is 17.2 Å². The van der Waals surface area contributed by atoms with Crippen molar-refractivity contribution >= 4 is 28.3 Å². The van der Waals surface area contributed by atoms with E-state index in [1.54, 1.807) is 38.0 Å². The smallest absolute Gasteiger partial charge is 0.335 e. The van der Waals surface area contributed by atoms with Crippen molar-refractivity contribution < 1.29 is 19.0 Å². The fourth-order valence-corrected chi connectivity index (χ4v) is 5.62. The number of nitrogens with zero attached hydrogens (tertiary/aromatic N) is 4. The average Bonchev–Trinajstić information content (AvgIpc) is 3.28. The number of hydrogen-bond donors (Lipinski definition) is 2. The SMILES string of the molecule is CNc1cc(=O)n(-c2ccnc3c2cc([C@H](C)N2CC=C(c4c(C)cc(C(=O)O)cc4F)CC2)n3C)cc1OC. The van der Waals surface area contributed by atoms with Gasteiger partial charge < -0.3 is 19.7 Å². The summed E-state index contributed by atoms with van der Waals surface area (Å²) in [5.74, 6) is -1.10. The maximum Gasteiger partial charge on any atom is 0.335 e. The van der Waals surface area contributed by atoms with Gasteiger partial charge in [-0.25, -0.2) is 14.2 Å². The van der Waals surface area contributed by atoms with Gasteiger partial charge in [0, 0.05) is 62.1 Å². The Morgan fingerprint density at radius 3 is 2.65 bits per heavy atom. The van der Waals surface area contributed by atoms with Crippen molar-refractivity contribution in [1.82, 2.24) is 19.0 Å². The first-order chi connectivity index (χ1) is 19.1. The molecule has 4 heterocycles. The van der Waals surface area contributed by atoms with Crippen LogP contribution in [0.3, 0.4) is 0 Å². The lowest BCUT2D eigenvalue weighted by atomic mass is 9.93. The summed E-state index contributed by atoms with van der Waals surface area (Å²) in [5.41, 5.74) is 4.86. The molecule has 0 spiro atoms. The Morgan fingerprint density at radius 2 is 2.02 bits per heavy atom. The Kier molecular flexibility index (Phi) is 7.20. The third-order valence-corrected chi connectivity index (χ3v) is 7.78. The summed E-state index contributed by atoms with van der Waals surface area (Å²) in [5, 5.41) is 13.1. The first-order valence-electron chi connectivity index (χ1n) is 13.0. The molecule has 1 aromatic carbocycles. The van der Waals surface area contributed by atoms with E-state index in [1.165, 1.54) is 12.1 Å². The van der Waals surface area contributed by atoms with Crippen molar-refractivity contribution in [2.45, 2.75) is 26.3 Å². The number of methoxy groups -OCH3 is 1. The Hall–Kier alpha value is -4.44. The minimum Gasteiger partial charge on any atom is -0.493 e. The predicted octanol–water partition coefficient (Wildman–Crippen LogP) is 4.77. The molecule has 40 heavy (non-hydrogen) atoms. The third kappa shape index (κ3) is 4.64. The molecule has 0 aliphatic carbocycles. The highest BCUT2D eigenvalue weighted by Crippen LogP contribution is 2.34. The number of benzene rings is 1.